The van der Waals surface area contributed by atoms with Gasteiger partial charge in [-0.1, -0.05) is 18.2 Å². The van der Waals surface area contributed by atoms with Crippen molar-refractivity contribution in [2.24, 2.45) is 0 Å². The molecule has 17 heavy (non-hydrogen) atoms. The van der Waals surface area contributed by atoms with Crippen molar-refractivity contribution in [1.82, 2.24) is 0 Å². The van der Waals surface area contributed by atoms with Gasteiger partial charge in [-0.3, -0.25) is 0 Å². The number of anilines is 1. The molecule has 0 amide bonds. The van der Waals surface area contributed by atoms with Gasteiger partial charge in [0.25, 0.3) is 0 Å². The molecule has 94 valence electrons. The molecule has 3 nitrogen and oxygen atoms in total. The second kappa shape index (κ2) is 5.07. The number of benzene rings is 1. The molecule has 1 N–H and O–H groups in total. The van der Waals surface area contributed by atoms with Gasteiger partial charge in [0.2, 0.25) is 0 Å². The third kappa shape index (κ3) is 2.61. The van der Waals surface area contributed by atoms with Crippen molar-refractivity contribution in [2.75, 3.05) is 18.1 Å². The fourth-order valence-electron chi connectivity index (χ4n) is 2.34. The first-order valence-corrected chi connectivity index (χ1v) is 6.25. The minimum atomic E-state index is -0.434. The fraction of sp³-hybridized carbons (Fsp3) is 0.571. The Morgan fingerprint density at radius 3 is 2.76 bits per heavy atom. The van der Waals surface area contributed by atoms with Crippen molar-refractivity contribution < 1.29 is 9.84 Å². The van der Waals surface area contributed by atoms with Crippen LogP contribution >= 0.6 is 0 Å². The van der Waals surface area contributed by atoms with E-state index in [-0.39, 0.29) is 6.10 Å². The van der Waals surface area contributed by atoms with Gasteiger partial charge in [-0.2, -0.15) is 0 Å². The van der Waals surface area contributed by atoms with Crippen molar-refractivity contribution in [2.45, 2.75) is 39.0 Å². The lowest BCUT2D eigenvalue weighted by Gasteiger charge is -2.39. The molecule has 0 radical (unpaired) electrons. The summed E-state index contributed by atoms with van der Waals surface area (Å²) >= 11 is 0. The van der Waals surface area contributed by atoms with Crippen LogP contribution in [0.1, 0.15) is 32.4 Å². The van der Waals surface area contributed by atoms with Crippen LogP contribution in [-0.4, -0.2) is 30.4 Å². The molecule has 0 saturated carbocycles. The molecule has 0 bridgehead atoms. The average Bonchev–Trinajstić information content (AvgIpc) is 2.32. The fourth-order valence-corrected chi connectivity index (χ4v) is 2.34. The largest absolute Gasteiger partial charge is 0.389 e. The molecule has 0 spiro atoms. The number of nitrogens with zero attached hydrogens (tertiary/aromatic N) is 1. The van der Waals surface area contributed by atoms with Crippen molar-refractivity contribution in [3.63, 3.8) is 0 Å². The monoisotopic (exact) mass is 235 g/mol. The molecule has 3 atom stereocenters. The highest BCUT2D eigenvalue weighted by Gasteiger charge is 2.25. The summed E-state index contributed by atoms with van der Waals surface area (Å²) in [6.07, 6.45) is -0.190. The first kappa shape index (κ1) is 12.4. The average molecular weight is 235 g/mol. The molecule has 1 heterocycles. The Bertz CT molecular complexity index is 378. The van der Waals surface area contributed by atoms with E-state index in [0.29, 0.717) is 6.04 Å². The van der Waals surface area contributed by atoms with Gasteiger partial charge in [0, 0.05) is 23.8 Å². The van der Waals surface area contributed by atoms with Crippen LogP contribution in [0, 0.1) is 0 Å². The second-order valence-electron chi connectivity index (χ2n) is 4.88. The van der Waals surface area contributed by atoms with Crippen LogP contribution in [0.25, 0.3) is 0 Å². The Kier molecular flexibility index (Phi) is 3.69. The number of ether oxygens (including phenoxy) is 1. The smallest absolute Gasteiger partial charge is 0.0781 e. The summed E-state index contributed by atoms with van der Waals surface area (Å²) in [7, 11) is 0. The van der Waals surface area contributed by atoms with Gasteiger partial charge >= 0.3 is 0 Å². The zero-order valence-electron chi connectivity index (χ0n) is 10.8. The van der Waals surface area contributed by atoms with Crippen LogP contribution in [0.5, 0.6) is 0 Å². The van der Waals surface area contributed by atoms with E-state index in [4.69, 9.17) is 4.74 Å². The molecule has 1 aromatic rings. The van der Waals surface area contributed by atoms with E-state index in [9.17, 15) is 5.11 Å². The van der Waals surface area contributed by atoms with Crippen molar-refractivity contribution >= 4 is 5.69 Å². The summed E-state index contributed by atoms with van der Waals surface area (Å²) in [5.41, 5.74) is 2.12. The molecule has 1 aliphatic heterocycles. The molecule has 3 unspecified atom stereocenters. The van der Waals surface area contributed by atoms with Crippen LogP contribution in [0.2, 0.25) is 0 Å². The summed E-state index contributed by atoms with van der Waals surface area (Å²) in [4.78, 5) is 2.33. The Morgan fingerprint density at radius 1 is 1.35 bits per heavy atom. The predicted octanol–water partition coefficient (Wildman–Crippen LogP) is 2.35. The summed E-state index contributed by atoms with van der Waals surface area (Å²) in [6, 6.07) is 8.42. The number of hydrogen-bond acceptors (Lipinski definition) is 3. The summed E-state index contributed by atoms with van der Waals surface area (Å²) in [6.45, 7) is 7.68. The number of morpholine rings is 1. The van der Waals surface area contributed by atoms with E-state index in [1.165, 1.54) is 0 Å². The molecule has 1 saturated heterocycles. The molecular weight excluding hydrogens is 214 g/mol. The first-order valence-electron chi connectivity index (χ1n) is 6.25. The molecular formula is C14H21NO2. The molecule has 1 aromatic carbocycles. The molecule has 3 heteroatoms. The van der Waals surface area contributed by atoms with Crippen LogP contribution in [0.15, 0.2) is 24.3 Å². The molecule has 1 fully saturated rings. The summed E-state index contributed by atoms with van der Waals surface area (Å²) in [5, 5.41) is 9.83. The maximum Gasteiger partial charge on any atom is 0.0781 e. The lowest BCUT2D eigenvalue weighted by Crippen LogP contribution is -2.47. The number of hydrogen-bond donors (Lipinski definition) is 1. The number of aliphatic hydroxyl groups excluding tert-OH is 1. The number of rotatable bonds is 2. The van der Waals surface area contributed by atoms with E-state index in [1.807, 2.05) is 25.1 Å². The highest BCUT2D eigenvalue weighted by molar-refractivity contribution is 5.55. The van der Waals surface area contributed by atoms with Crippen LogP contribution < -0.4 is 4.90 Å². The third-order valence-corrected chi connectivity index (χ3v) is 3.30. The molecule has 1 aliphatic rings. The molecule has 0 aliphatic carbocycles. The summed E-state index contributed by atoms with van der Waals surface area (Å²) in [5.74, 6) is 0. The predicted molar refractivity (Wildman–Crippen MR) is 69.3 cm³/mol. The second-order valence-corrected chi connectivity index (χ2v) is 4.88. The Morgan fingerprint density at radius 2 is 2.06 bits per heavy atom. The lowest BCUT2D eigenvalue weighted by molar-refractivity contribution is 0.0341. The van der Waals surface area contributed by atoms with Gasteiger partial charge in [0.05, 0.1) is 18.8 Å². The lowest BCUT2D eigenvalue weighted by atomic mass is 10.0. The Balaban J connectivity index is 2.31. The Labute approximate surface area is 103 Å². The topological polar surface area (TPSA) is 32.7 Å². The standard InChI is InChI=1S/C14H21NO2/c1-10-9-17-11(2)8-15(10)14-7-5-4-6-13(14)12(3)16/h4-7,10-12,16H,8-9H2,1-3H3. The van der Waals surface area contributed by atoms with E-state index < -0.39 is 6.10 Å². The first-order chi connectivity index (χ1) is 8.09. The number of aliphatic hydroxyl groups is 1. The minimum absolute atomic E-state index is 0.244. The maximum atomic E-state index is 9.83. The molecule has 2 rings (SSSR count). The van der Waals surface area contributed by atoms with Crippen molar-refractivity contribution in [3.8, 4) is 0 Å². The van der Waals surface area contributed by atoms with E-state index >= 15 is 0 Å². The third-order valence-electron chi connectivity index (χ3n) is 3.30. The van der Waals surface area contributed by atoms with Crippen molar-refractivity contribution in [1.29, 1.82) is 0 Å². The van der Waals surface area contributed by atoms with Gasteiger partial charge in [0.15, 0.2) is 0 Å². The van der Waals surface area contributed by atoms with Crippen LogP contribution in [-0.2, 0) is 4.74 Å². The number of para-hydroxylation sites is 1. The quantitative estimate of drug-likeness (QED) is 0.854. The van der Waals surface area contributed by atoms with Gasteiger partial charge in [-0.05, 0) is 26.8 Å². The zero-order chi connectivity index (χ0) is 12.4. The minimum Gasteiger partial charge on any atom is -0.389 e. The Hall–Kier alpha value is -1.06. The highest BCUT2D eigenvalue weighted by Crippen LogP contribution is 2.29. The van der Waals surface area contributed by atoms with Gasteiger partial charge in [0.1, 0.15) is 0 Å². The van der Waals surface area contributed by atoms with Crippen LogP contribution in [0.3, 0.4) is 0 Å². The van der Waals surface area contributed by atoms with Crippen LogP contribution in [0.4, 0.5) is 5.69 Å². The van der Waals surface area contributed by atoms with E-state index in [0.717, 1.165) is 24.4 Å². The maximum absolute atomic E-state index is 9.83. The normalized spacial score (nSPS) is 26.9. The van der Waals surface area contributed by atoms with Gasteiger partial charge in [-0.15, -0.1) is 0 Å². The highest BCUT2D eigenvalue weighted by atomic mass is 16.5. The SMILES string of the molecule is CC1CN(c2ccccc2C(C)O)C(C)CO1. The molecule has 0 aromatic heterocycles. The van der Waals surface area contributed by atoms with Crippen molar-refractivity contribution in [3.05, 3.63) is 29.8 Å². The van der Waals surface area contributed by atoms with E-state index in [2.05, 4.69) is 24.8 Å². The summed E-state index contributed by atoms with van der Waals surface area (Å²) < 4.78 is 5.64. The van der Waals surface area contributed by atoms with Gasteiger partial charge < -0.3 is 14.7 Å². The van der Waals surface area contributed by atoms with E-state index in [1.54, 1.807) is 0 Å². The zero-order valence-corrected chi connectivity index (χ0v) is 10.8. The van der Waals surface area contributed by atoms with Gasteiger partial charge in [-0.25, -0.2) is 0 Å².